The first-order chi connectivity index (χ1) is 9.48. The van der Waals surface area contributed by atoms with Gasteiger partial charge in [-0.3, -0.25) is 0 Å². The normalized spacial score (nSPS) is 17.3. The van der Waals surface area contributed by atoms with Crippen LogP contribution in [0.5, 0.6) is 0 Å². The summed E-state index contributed by atoms with van der Waals surface area (Å²) in [6.07, 6.45) is 5.63. The van der Waals surface area contributed by atoms with Gasteiger partial charge in [-0.2, -0.15) is 0 Å². The zero-order chi connectivity index (χ0) is 14.6. The summed E-state index contributed by atoms with van der Waals surface area (Å²) in [6.45, 7) is 2.68. The quantitative estimate of drug-likeness (QED) is 0.642. The van der Waals surface area contributed by atoms with E-state index >= 15 is 0 Å². The number of rotatable bonds is 9. The minimum Gasteiger partial charge on any atom is -0.319 e. The Morgan fingerprint density at radius 3 is 2.80 bits per heavy atom. The van der Waals surface area contributed by atoms with Crippen LogP contribution < -0.4 is 10.0 Å². The van der Waals surface area contributed by atoms with Crippen LogP contribution in [0.15, 0.2) is 6.33 Å². The molecule has 1 fully saturated rings. The Labute approximate surface area is 120 Å². The Bertz CT molecular complexity index is 524. The zero-order valence-corrected chi connectivity index (χ0v) is 12.9. The number of nitrogens with one attached hydrogen (secondary N) is 2. The fourth-order valence-electron chi connectivity index (χ4n) is 2.08. The molecule has 1 aromatic rings. The van der Waals surface area contributed by atoms with Crippen molar-refractivity contribution >= 4 is 10.0 Å². The van der Waals surface area contributed by atoms with Gasteiger partial charge in [0.05, 0.1) is 11.8 Å². The number of unbranched alkanes of at least 4 members (excludes halogenated alkanes) is 1. The van der Waals surface area contributed by atoms with E-state index in [0.717, 1.165) is 13.0 Å². The summed E-state index contributed by atoms with van der Waals surface area (Å²) in [5, 5.41) is 11.0. The van der Waals surface area contributed by atoms with E-state index in [1.54, 1.807) is 24.9 Å². The number of nitrogens with zero attached hydrogens (tertiary/aromatic N) is 3. The fourth-order valence-corrected chi connectivity index (χ4v) is 3.42. The number of aryl methyl sites for hydroxylation is 1. The Hall–Kier alpha value is -0.990. The maximum Gasteiger partial charge on any atom is 0.212 e. The first-order valence-corrected chi connectivity index (χ1v) is 8.70. The Morgan fingerprint density at radius 2 is 2.20 bits per heavy atom. The summed E-state index contributed by atoms with van der Waals surface area (Å²) in [4.78, 5) is 0. The summed E-state index contributed by atoms with van der Waals surface area (Å²) < 4.78 is 28.3. The lowest BCUT2D eigenvalue weighted by Gasteiger charge is -2.13. The van der Waals surface area contributed by atoms with Crippen molar-refractivity contribution in [2.45, 2.75) is 44.7 Å². The van der Waals surface area contributed by atoms with Crippen molar-refractivity contribution in [3.8, 4) is 0 Å². The Kier molecular flexibility index (Phi) is 5.11. The van der Waals surface area contributed by atoms with Gasteiger partial charge in [0.25, 0.3) is 0 Å². The number of sulfonamides is 1. The molecule has 0 radical (unpaired) electrons. The van der Waals surface area contributed by atoms with Crippen LogP contribution in [0.1, 0.15) is 44.5 Å². The zero-order valence-electron chi connectivity index (χ0n) is 12.0. The lowest BCUT2D eigenvalue weighted by atomic mass is 10.3. The molecule has 0 amide bonds. The van der Waals surface area contributed by atoms with Crippen molar-refractivity contribution in [1.29, 1.82) is 0 Å². The van der Waals surface area contributed by atoms with E-state index in [2.05, 4.69) is 20.2 Å². The third kappa shape index (κ3) is 4.84. The van der Waals surface area contributed by atoms with Gasteiger partial charge in [0.15, 0.2) is 0 Å². The second-order valence-electron chi connectivity index (χ2n) is 5.39. The van der Waals surface area contributed by atoms with Crippen LogP contribution >= 0.6 is 0 Å². The van der Waals surface area contributed by atoms with E-state index in [9.17, 15) is 8.42 Å². The maximum absolute atomic E-state index is 12.0. The maximum atomic E-state index is 12.0. The van der Waals surface area contributed by atoms with Crippen LogP contribution in [0.2, 0.25) is 0 Å². The molecule has 0 saturated heterocycles. The van der Waals surface area contributed by atoms with Crippen LogP contribution in [0.3, 0.4) is 0 Å². The molecule has 20 heavy (non-hydrogen) atoms. The van der Waals surface area contributed by atoms with Crippen LogP contribution in [0.4, 0.5) is 0 Å². The third-order valence-corrected chi connectivity index (χ3v) is 4.88. The molecule has 1 aliphatic rings. The van der Waals surface area contributed by atoms with Crippen molar-refractivity contribution in [2.24, 2.45) is 7.05 Å². The number of aromatic nitrogens is 3. The molecule has 1 saturated carbocycles. The van der Waals surface area contributed by atoms with Crippen LogP contribution in [-0.2, 0) is 17.1 Å². The van der Waals surface area contributed by atoms with Gasteiger partial charge >= 0.3 is 0 Å². The van der Waals surface area contributed by atoms with E-state index in [0.29, 0.717) is 18.3 Å². The smallest absolute Gasteiger partial charge is 0.212 e. The van der Waals surface area contributed by atoms with Gasteiger partial charge in [0, 0.05) is 13.1 Å². The van der Waals surface area contributed by atoms with E-state index in [1.165, 1.54) is 12.8 Å². The van der Waals surface area contributed by atoms with Gasteiger partial charge in [-0.15, -0.1) is 10.2 Å². The van der Waals surface area contributed by atoms with Gasteiger partial charge in [-0.25, -0.2) is 13.1 Å². The number of hydrogen-bond acceptors (Lipinski definition) is 5. The topological polar surface area (TPSA) is 88.9 Å². The minimum absolute atomic E-state index is 0.154. The molecule has 0 aliphatic heterocycles. The molecule has 114 valence electrons. The van der Waals surface area contributed by atoms with Crippen molar-refractivity contribution < 1.29 is 8.42 Å². The molecule has 2 N–H and O–H groups in total. The molecule has 1 heterocycles. The van der Waals surface area contributed by atoms with Crippen molar-refractivity contribution in [1.82, 2.24) is 24.8 Å². The highest BCUT2D eigenvalue weighted by atomic mass is 32.2. The minimum atomic E-state index is -3.27. The predicted octanol–water partition coefficient (Wildman–Crippen LogP) is 0.328. The molecule has 7 nitrogen and oxygen atoms in total. The highest BCUT2D eigenvalue weighted by Gasteiger charge is 2.20. The van der Waals surface area contributed by atoms with Gasteiger partial charge in [0.2, 0.25) is 10.0 Å². The molecule has 1 atom stereocenters. The molecular weight excluding hydrogens is 278 g/mol. The summed E-state index contributed by atoms with van der Waals surface area (Å²) in [5.41, 5.74) is 0. The SMILES string of the molecule is CC(NS(=O)(=O)CCCCNC1CC1)c1nncn1C. The van der Waals surface area contributed by atoms with Gasteiger partial charge < -0.3 is 9.88 Å². The van der Waals surface area contributed by atoms with Crippen molar-refractivity contribution in [3.63, 3.8) is 0 Å². The molecule has 0 spiro atoms. The molecule has 8 heteroatoms. The second kappa shape index (κ2) is 6.64. The molecule has 0 aromatic carbocycles. The summed E-state index contributed by atoms with van der Waals surface area (Å²) in [7, 11) is -1.47. The lowest BCUT2D eigenvalue weighted by molar-refractivity contribution is 0.547. The summed E-state index contributed by atoms with van der Waals surface area (Å²) in [6, 6.07) is 0.317. The number of hydrogen-bond donors (Lipinski definition) is 2. The largest absolute Gasteiger partial charge is 0.319 e. The monoisotopic (exact) mass is 301 g/mol. The van der Waals surface area contributed by atoms with Crippen LogP contribution in [-0.4, -0.2) is 41.5 Å². The molecule has 2 rings (SSSR count). The third-order valence-electron chi connectivity index (χ3n) is 3.34. The summed E-state index contributed by atoms with van der Waals surface area (Å²) in [5.74, 6) is 0.769. The van der Waals surface area contributed by atoms with E-state index in [4.69, 9.17) is 0 Å². The molecule has 1 unspecified atom stereocenters. The lowest BCUT2D eigenvalue weighted by Crippen LogP contribution is -2.31. The Morgan fingerprint density at radius 1 is 1.45 bits per heavy atom. The molecule has 0 bridgehead atoms. The van der Waals surface area contributed by atoms with E-state index in [-0.39, 0.29) is 11.8 Å². The van der Waals surface area contributed by atoms with Gasteiger partial charge in [0.1, 0.15) is 12.2 Å². The molecule has 1 aromatic heterocycles. The standard InChI is InChI=1S/C12H23N5O2S/c1-10(12-15-14-9-17(12)2)16-20(18,19)8-4-3-7-13-11-5-6-11/h9-11,13,16H,3-8H2,1-2H3. The van der Waals surface area contributed by atoms with Crippen molar-refractivity contribution in [3.05, 3.63) is 12.2 Å². The van der Waals surface area contributed by atoms with Crippen LogP contribution in [0.25, 0.3) is 0 Å². The fraction of sp³-hybridized carbons (Fsp3) is 0.833. The Balaban J connectivity index is 1.70. The predicted molar refractivity (Wildman–Crippen MR) is 76.6 cm³/mol. The second-order valence-corrected chi connectivity index (χ2v) is 7.27. The molecule has 1 aliphatic carbocycles. The summed E-state index contributed by atoms with van der Waals surface area (Å²) >= 11 is 0. The van der Waals surface area contributed by atoms with Gasteiger partial charge in [-0.1, -0.05) is 0 Å². The van der Waals surface area contributed by atoms with E-state index < -0.39 is 10.0 Å². The first kappa shape index (κ1) is 15.4. The van der Waals surface area contributed by atoms with Crippen molar-refractivity contribution in [2.75, 3.05) is 12.3 Å². The molecular formula is C12H23N5O2S. The average molecular weight is 301 g/mol. The van der Waals surface area contributed by atoms with E-state index in [1.807, 2.05) is 0 Å². The highest BCUT2D eigenvalue weighted by Crippen LogP contribution is 2.18. The van der Waals surface area contributed by atoms with Gasteiger partial charge in [-0.05, 0) is 39.2 Å². The van der Waals surface area contributed by atoms with Crippen LogP contribution in [0, 0.1) is 0 Å². The first-order valence-electron chi connectivity index (χ1n) is 7.05. The highest BCUT2D eigenvalue weighted by molar-refractivity contribution is 7.89. The average Bonchev–Trinajstić information content (AvgIpc) is 3.08.